The average Bonchev–Trinajstić information content (AvgIpc) is 2.61. The van der Waals surface area contributed by atoms with Crippen LogP contribution in [0.4, 0.5) is 5.69 Å². The van der Waals surface area contributed by atoms with Gasteiger partial charge >= 0.3 is 0 Å². The van der Waals surface area contributed by atoms with Gasteiger partial charge in [-0.1, -0.05) is 25.5 Å². The first-order valence-electron chi connectivity index (χ1n) is 7.90. The standard InChI is InChI=1S/C17H29N3/c1-4-12-20-13-6-5-7-16(18)17(20)14-8-10-15(11-9-14)19(2)3/h8-11,16-17H,4-7,12-13,18H2,1-3H3. The molecule has 1 fully saturated rings. The van der Waals surface area contributed by atoms with Crippen molar-refractivity contribution >= 4 is 5.69 Å². The minimum Gasteiger partial charge on any atom is -0.378 e. The molecule has 0 aliphatic carbocycles. The molecule has 3 nitrogen and oxygen atoms in total. The maximum atomic E-state index is 6.48. The van der Waals surface area contributed by atoms with E-state index < -0.39 is 0 Å². The number of anilines is 1. The molecule has 2 unspecified atom stereocenters. The summed E-state index contributed by atoms with van der Waals surface area (Å²) in [6, 6.07) is 9.57. The molecule has 2 rings (SSSR count). The molecule has 1 heterocycles. The highest BCUT2D eigenvalue weighted by molar-refractivity contribution is 5.46. The van der Waals surface area contributed by atoms with E-state index in [1.165, 1.54) is 37.1 Å². The highest BCUT2D eigenvalue weighted by Gasteiger charge is 2.28. The van der Waals surface area contributed by atoms with Crippen LogP contribution in [0.2, 0.25) is 0 Å². The molecule has 20 heavy (non-hydrogen) atoms. The van der Waals surface area contributed by atoms with Crippen molar-refractivity contribution in [1.82, 2.24) is 4.90 Å². The number of hydrogen-bond acceptors (Lipinski definition) is 3. The SMILES string of the molecule is CCCN1CCCCC(N)C1c1ccc(N(C)C)cc1. The minimum atomic E-state index is 0.259. The molecule has 2 atom stereocenters. The van der Waals surface area contributed by atoms with E-state index in [0.717, 1.165) is 13.0 Å². The van der Waals surface area contributed by atoms with E-state index in [0.29, 0.717) is 6.04 Å². The zero-order valence-electron chi connectivity index (χ0n) is 13.2. The van der Waals surface area contributed by atoms with Crippen molar-refractivity contribution in [3.8, 4) is 0 Å². The fourth-order valence-corrected chi connectivity index (χ4v) is 3.23. The van der Waals surface area contributed by atoms with E-state index in [9.17, 15) is 0 Å². The number of nitrogens with zero attached hydrogens (tertiary/aromatic N) is 2. The molecule has 0 spiro atoms. The first-order valence-corrected chi connectivity index (χ1v) is 7.90. The van der Waals surface area contributed by atoms with Crippen LogP contribution in [0.1, 0.15) is 44.2 Å². The van der Waals surface area contributed by atoms with E-state index in [-0.39, 0.29) is 6.04 Å². The summed E-state index contributed by atoms with van der Waals surface area (Å²) in [4.78, 5) is 4.73. The molecule has 3 heteroatoms. The third kappa shape index (κ3) is 3.53. The highest BCUT2D eigenvalue weighted by atomic mass is 15.2. The topological polar surface area (TPSA) is 32.5 Å². The van der Waals surface area contributed by atoms with Crippen LogP contribution in [0.3, 0.4) is 0 Å². The van der Waals surface area contributed by atoms with Crippen molar-refractivity contribution < 1.29 is 0 Å². The fraction of sp³-hybridized carbons (Fsp3) is 0.647. The van der Waals surface area contributed by atoms with E-state index in [4.69, 9.17) is 5.73 Å². The van der Waals surface area contributed by atoms with Crippen molar-refractivity contribution in [2.24, 2.45) is 5.73 Å². The molecule has 0 bridgehead atoms. The zero-order valence-corrected chi connectivity index (χ0v) is 13.2. The third-order valence-corrected chi connectivity index (χ3v) is 4.29. The van der Waals surface area contributed by atoms with Crippen LogP contribution in [0, 0.1) is 0 Å². The van der Waals surface area contributed by atoms with Gasteiger partial charge in [-0.05, 0) is 50.0 Å². The molecule has 0 amide bonds. The Morgan fingerprint density at radius 1 is 1.20 bits per heavy atom. The number of benzene rings is 1. The second-order valence-corrected chi connectivity index (χ2v) is 6.13. The highest BCUT2D eigenvalue weighted by Crippen LogP contribution is 2.30. The Balaban J connectivity index is 2.24. The lowest BCUT2D eigenvalue weighted by Crippen LogP contribution is -2.40. The minimum absolute atomic E-state index is 0.259. The smallest absolute Gasteiger partial charge is 0.0499 e. The first-order chi connectivity index (χ1) is 9.63. The van der Waals surface area contributed by atoms with Gasteiger partial charge in [0.15, 0.2) is 0 Å². The Bertz CT molecular complexity index is 399. The Kier molecular flexibility index (Phi) is 5.44. The van der Waals surface area contributed by atoms with Crippen molar-refractivity contribution in [2.75, 3.05) is 32.1 Å². The maximum Gasteiger partial charge on any atom is 0.0499 e. The molecule has 1 aromatic rings. The van der Waals surface area contributed by atoms with Gasteiger partial charge in [-0.15, -0.1) is 0 Å². The Morgan fingerprint density at radius 2 is 1.90 bits per heavy atom. The monoisotopic (exact) mass is 275 g/mol. The average molecular weight is 275 g/mol. The van der Waals surface area contributed by atoms with Gasteiger partial charge in [-0.3, -0.25) is 4.90 Å². The molecule has 1 saturated heterocycles. The van der Waals surface area contributed by atoms with Crippen LogP contribution in [-0.2, 0) is 0 Å². The van der Waals surface area contributed by atoms with Gasteiger partial charge in [0.2, 0.25) is 0 Å². The van der Waals surface area contributed by atoms with Crippen LogP contribution < -0.4 is 10.6 Å². The van der Waals surface area contributed by atoms with E-state index in [1.807, 2.05) is 0 Å². The van der Waals surface area contributed by atoms with Gasteiger partial charge < -0.3 is 10.6 Å². The lowest BCUT2D eigenvalue weighted by atomic mass is 9.96. The van der Waals surface area contributed by atoms with Gasteiger partial charge in [0, 0.05) is 31.9 Å². The number of rotatable bonds is 4. The van der Waals surface area contributed by atoms with Crippen molar-refractivity contribution in [3.05, 3.63) is 29.8 Å². The van der Waals surface area contributed by atoms with Gasteiger partial charge in [0.05, 0.1) is 0 Å². The Morgan fingerprint density at radius 3 is 2.50 bits per heavy atom. The van der Waals surface area contributed by atoms with Gasteiger partial charge in [-0.25, -0.2) is 0 Å². The maximum absolute atomic E-state index is 6.48. The van der Waals surface area contributed by atoms with Crippen LogP contribution in [0.25, 0.3) is 0 Å². The van der Waals surface area contributed by atoms with Crippen molar-refractivity contribution in [1.29, 1.82) is 0 Å². The summed E-state index contributed by atoms with van der Waals surface area (Å²) >= 11 is 0. The second kappa shape index (κ2) is 7.09. The molecule has 0 aromatic heterocycles. The van der Waals surface area contributed by atoms with Gasteiger partial charge in [-0.2, -0.15) is 0 Å². The fourth-order valence-electron chi connectivity index (χ4n) is 3.23. The second-order valence-electron chi connectivity index (χ2n) is 6.13. The summed E-state index contributed by atoms with van der Waals surface area (Å²) in [5, 5.41) is 0. The normalized spacial score (nSPS) is 24.4. The van der Waals surface area contributed by atoms with E-state index in [2.05, 4.69) is 55.1 Å². The Hall–Kier alpha value is -1.06. The largest absolute Gasteiger partial charge is 0.378 e. The molecule has 1 aromatic carbocycles. The van der Waals surface area contributed by atoms with Crippen LogP contribution >= 0.6 is 0 Å². The molecule has 0 saturated carbocycles. The molecular formula is C17H29N3. The molecule has 112 valence electrons. The third-order valence-electron chi connectivity index (χ3n) is 4.29. The summed E-state index contributed by atoms with van der Waals surface area (Å²) in [6.45, 7) is 4.58. The summed E-state index contributed by atoms with van der Waals surface area (Å²) in [6.07, 6.45) is 4.87. The molecular weight excluding hydrogens is 246 g/mol. The quantitative estimate of drug-likeness (QED) is 0.917. The van der Waals surface area contributed by atoms with Crippen LogP contribution in [0.15, 0.2) is 24.3 Å². The van der Waals surface area contributed by atoms with Crippen molar-refractivity contribution in [3.63, 3.8) is 0 Å². The van der Waals surface area contributed by atoms with Crippen LogP contribution in [0.5, 0.6) is 0 Å². The number of likely N-dealkylation sites (tertiary alicyclic amines) is 1. The summed E-state index contributed by atoms with van der Waals surface area (Å²) < 4.78 is 0. The summed E-state index contributed by atoms with van der Waals surface area (Å²) in [5.74, 6) is 0. The van der Waals surface area contributed by atoms with E-state index in [1.54, 1.807) is 0 Å². The molecule has 2 N–H and O–H groups in total. The van der Waals surface area contributed by atoms with E-state index >= 15 is 0 Å². The lowest BCUT2D eigenvalue weighted by molar-refractivity contribution is 0.186. The predicted octanol–water partition coefficient (Wildman–Crippen LogP) is 3.02. The predicted molar refractivity (Wildman–Crippen MR) is 87.2 cm³/mol. The lowest BCUT2D eigenvalue weighted by Gasteiger charge is -2.33. The molecule has 1 aliphatic rings. The number of nitrogens with two attached hydrogens (primary N) is 1. The Labute approximate surface area is 123 Å². The zero-order chi connectivity index (χ0) is 14.5. The van der Waals surface area contributed by atoms with Gasteiger partial charge in [0.25, 0.3) is 0 Å². The van der Waals surface area contributed by atoms with Crippen LogP contribution in [-0.4, -0.2) is 38.1 Å². The summed E-state index contributed by atoms with van der Waals surface area (Å²) in [7, 11) is 4.16. The number of hydrogen-bond donors (Lipinski definition) is 1. The molecule has 0 radical (unpaired) electrons. The summed E-state index contributed by atoms with van der Waals surface area (Å²) in [5.41, 5.74) is 9.10. The first kappa shape index (κ1) is 15.3. The molecule has 1 aliphatic heterocycles. The van der Waals surface area contributed by atoms with Gasteiger partial charge in [0.1, 0.15) is 0 Å². The van der Waals surface area contributed by atoms with Crippen molar-refractivity contribution in [2.45, 2.75) is 44.7 Å².